The average molecular weight is 416 g/mol. The lowest BCUT2D eigenvalue weighted by atomic mass is 10.0. The maximum atomic E-state index is 13.0. The highest BCUT2D eigenvalue weighted by Gasteiger charge is 2.37. The molecule has 1 fully saturated rings. The molecule has 0 unspecified atom stereocenters. The number of carbonyl (C=O) groups excluding carboxylic acids is 1. The van der Waals surface area contributed by atoms with Gasteiger partial charge in [-0.25, -0.2) is 0 Å². The number of nitrogens with zero attached hydrogens (tertiary/aromatic N) is 3. The maximum absolute atomic E-state index is 13.0. The normalized spacial score (nSPS) is 18.2. The third kappa shape index (κ3) is 4.17. The Morgan fingerprint density at radius 3 is 2.67 bits per heavy atom. The Bertz CT molecular complexity index is 1150. The number of carbonyl (C=O) groups is 1. The highest BCUT2D eigenvalue weighted by molar-refractivity contribution is 8.15. The van der Waals surface area contributed by atoms with Crippen LogP contribution in [0, 0.1) is 13.8 Å². The van der Waals surface area contributed by atoms with Crippen molar-refractivity contribution >= 4 is 39.8 Å². The van der Waals surface area contributed by atoms with Crippen molar-refractivity contribution < 1.29 is 4.79 Å². The van der Waals surface area contributed by atoms with Crippen LogP contribution in [0.5, 0.6) is 0 Å². The van der Waals surface area contributed by atoms with Crippen LogP contribution in [0.4, 0.5) is 0 Å². The molecule has 1 saturated heterocycles. The third-order valence-electron chi connectivity index (χ3n) is 5.36. The second kappa shape index (κ2) is 8.84. The van der Waals surface area contributed by atoms with Gasteiger partial charge in [-0.15, -0.1) is 5.10 Å². The highest BCUT2D eigenvalue weighted by Crippen LogP contribution is 2.32. The first-order chi connectivity index (χ1) is 14.6. The first-order valence-corrected chi connectivity index (χ1v) is 11.1. The standard InChI is InChI=1S/C25H25N3OS/c1-4-23-24(29)28(16-21-10-7-9-19-8-5-6-11-22(19)21)25(30-23)27-26-15-20-13-12-17(2)14-18(20)3/h5-15,23H,4,16H2,1-3H3/b26-15-,27-25+/t23-/m0/s1. The van der Waals surface area contributed by atoms with Gasteiger partial charge >= 0.3 is 0 Å². The van der Waals surface area contributed by atoms with E-state index in [1.165, 1.54) is 22.7 Å². The van der Waals surface area contributed by atoms with Crippen LogP contribution < -0.4 is 0 Å². The molecule has 0 radical (unpaired) electrons. The van der Waals surface area contributed by atoms with E-state index in [0.29, 0.717) is 11.7 Å². The van der Waals surface area contributed by atoms with Gasteiger partial charge in [0.1, 0.15) is 0 Å². The molecule has 0 N–H and O–H groups in total. The average Bonchev–Trinajstić information content (AvgIpc) is 3.05. The number of fused-ring (bicyclic) bond motifs is 1. The Hall–Kier alpha value is -2.92. The molecule has 1 aliphatic heterocycles. The number of amides is 1. The van der Waals surface area contributed by atoms with Gasteiger partial charge in [-0.3, -0.25) is 9.69 Å². The predicted molar refractivity (Wildman–Crippen MR) is 127 cm³/mol. The predicted octanol–water partition coefficient (Wildman–Crippen LogP) is 5.70. The van der Waals surface area contributed by atoms with Crippen LogP contribution in [0.25, 0.3) is 10.8 Å². The van der Waals surface area contributed by atoms with Gasteiger partial charge in [0.15, 0.2) is 5.17 Å². The Balaban J connectivity index is 1.63. The molecule has 0 spiro atoms. The minimum Gasteiger partial charge on any atom is -0.284 e. The zero-order valence-corrected chi connectivity index (χ0v) is 18.3. The molecule has 152 valence electrons. The summed E-state index contributed by atoms with van der Waals surface area (Å²) in [6.45, 7) is 6.68. The molecule has 0 bridgehead atoms. The van der Waals surface area contributed by atoms with Gasteiger partial charge in [0.05, 0.1) is 18.0 Å². The van der Waals surface area contributed by atoms with Crippen molar-refractivity contribution in [1.82, 2.24) is 4.90 Å². The number of rotatable bonds is 5. The van der Waals surface area contributed by atoms with Gasteiger partial charge in [0, 0.05) is 0 Å². The van der Waals surface area contributed by atoms with E-state index in [9.17, 15) is 4.79 Å². The molecule has 3 aromatic carbocycles. The Kier molecular flexibility index (Phi) is 6.00. The van der Waals surface area contributed by atoms with Gasteiger partial charge in [-0.05, 0) is 47.7 Å². The Morgan fingerprint density at radius 1 is 1.07 bits per heavy atom. The fourth-order valence-electron chi connectivity index (χ4n) is 3.70. The Morgan fingerprint density at radius 2 is 1.87 bits per heavy atom. The van der Waals surface area contributed by atoms with Crippen molar-refractivity contribution in [1.29, 1.82) is 0 Å². The van der Waals surface area contributed by atoms with Crippen LogP contribution in [-0.2, 0) is 11.3 Å². The number of amidine groups is 1. The third-order valence-corrected chi connectivity index (χ3v) is 6.70. The summed E-state index contributed by atoms with van der Waals surface area (Å²) in [4.78, 5) is 14.8. The number of hydrogen-bond donors (Lipinski definition) is 0. The first-order valence-electron chi connectivity index (χ1n) is 10.2. The molecule has 1 amide bonds. The van der Waals surface area contributed by atoms with Gasteiger partial charge in [-0.1, -0.05) is 84.9 Å². The summed E-state index contributed by atoms with van der Waals surface area (Å²) in [6.07, 6.45) is 2.54. The maximum Gasteiger partial charge on any atom is 0.242 e. The van der Waals surface area contributed by atoms with Gasteiger partial charge in [-0.2, -0.15) is 5.10 Å². The number of thioether (sulfide) groups is 1. The van der Waals surface area contributed by atoms with E-state index in [1.54, 1.807) is 11.1 Å². The number of hydrogen-bond acceptors (Lipinski definition) is 4. The summed E-state index contributed by atoms with van der Waals surface area (Å²) < 4.78 is 0. The summed E-state index contributed by atoms with van der Waals surface area (Å²) in [5.41, 5.74) is 4.53. The molecule has 0 saturated carbocycles. The van der Waals surface area contributed by atoms with E-state index in [4.69, 9.17) is 0 Å². The first kappa shape index (κ1) is 20.4. The second-order valence-electron chi connectivity index (χ2n) is 7.56. The molecule has 30 heavy (non-hydrogen) atoms. The van der Waals surface area contributed by atoms with Crippen molar-refractivity contribution in [3.8, 4) is 0 Å². The van der Waals surface area contributed by atoms with Crippen molar-refractivity contribution in [3.05, 3.63) is 82.9 Å². The SMILES string of the molecule is CC[C@@H]1S/C(=N/N=C\c2ccc(C)cc2C)N(Cc2cccc3ccccc23)C1=O. The fourth-order valence-corrected chi connectivity index (χ4v) is 4.73. The summed E-state index contributed by atoms with van der Waals surface area (Å²) in [6, 6.07) is 20.7. The van der Waals surface area contributed by atoms with Gasteiger partial charge < -0.3 is 0 Å². The summed E-state index contributed by atoms with van der Waals surface area (Å²) >= 11 is 1.51. The van der Waals surface area contributed by atoms with Crippen LogP contribution in [0.3, 0.4) is 0 Å². The van der Waals surface area contributed by atoms with E-state index in [0.717, 1.165) is 28.5 Å². The monoisotopic (exact) mass is 415 g/mol. The molecule has 3 aromatic rings. The van der Waals surface area contributed by atoms with Crippen LogP contribution in [0.15, 0.2) is 70.9 Å². The van der Waals surface area contributed by atoms with E-state index >= 15 is 0 Å². The molecule has 1 aliphatic rings. The molecule has 0 aromatic heterocycles. The van der Waals surface area contributed by atoms with Crippen LogP contribution in [0.1, 0.15) is 35.6 Å². The highest BCUT2D eigenvalue weighted by atomic mass is 32.2. The van der Waals surface area contributed by atoms with E-state index in [-0.39, 0.29) is 11.2 Å². The van der Waals surface area contributed by atoms with Crippen molar-refractivity contribution in [2.75, 3.05) is 0 Å². The zero-order chi connectivity index (χ0) is 21.1. The largest absolute Gasteiger partial charge is 0.284 e. The molecule has 5 heteroatoms. The smallest absolute Gasteiger partial charge is 0.242 e. The molecular formula is C25H25N3OS. The Labute approximate surface area is 181 Å². The minimum absolute atomic E-state index is 0.102. The molecule has 4 rings (SSSR count). The van der Waals surface area contributed by atoms with Crippen molar-refractivity contribution in [2.24, 2.45) is 10.2 Å². The zero-order valence-electron chi connectivity index (χ0n) is 17.5. The van der Waals surface area contributed by atoms with Gasteiger partial charge in [0.2, 0.25) is 5.91 Å². The molecule has 1 atom stereocenters. The summed E-state index contributed by atoms with van der Waals surface area (Å²) in [5.74, 6) is 0.107. The van der Waals surface area contributed by atoms with Crippen LogP contribution >= 0.6 is 11.8 Å². The molecule has 1 heterocycles. The van der Waals surface area contributed by atoms with Crippen molar-refractivity contribution in [2.45, 2.75) is 39.0 Å². The summed E-state index contributed by atoms with van der Waals surface area (Å²) in [5, 5.41) is 11.7. The lowest BCUT2D eigenvalue weighted by molar-refractivity contribution is -0.126. The minimum atomic E-state index is -0.102. The molecule has 0 aliphatic carbocycles. The van der Waals surface area contributed by atoms with E-state index in [1.807, 2.05) is 31.2 Å². The summed E-state index contributed by atoms with van der Waals surface area (Å²) in [7, 11) is 0. The number of aryl methyl sites for hydroxylation is 2. The quantitative estimate of drug-likeness (QED) is 0.396. The van der Waals surface area contributed by atoms with Crippen molar-refractivity contribution in [3.63, 3.8) is 0 Å². The second-order valence-corrected chi connectivity index (χ2v) is 8.73. The van der Waals surface area contributed by atoms with Crippen LogP contribution in [0.2, 0.25) is 0 Å². The van der Waals surface area contributed by atoms with Gasteiger partial charge in [0.25, 0.3) is 0 Å². The van der Waals surface area contributed by atoms with E-state index < -0.39 is 0 Å². The fraction of sp³-hybridized carbons (Fsp3) is 0.240. The van der Waals surface area contributed by atoms with Crippen LogP contribution in [-0.4, -0.2) is 27.4 Å². The topological polar surface area (TPSA) is 45.0 Å². The molecule has 4 nitrogen and oxygen atoms in total. The lowest BCUT2D eigenvalue weighted by Crippen LogP contribution is -2.31. The lowest BCUT2D eigenvalue weighted by Gasteiger charge is -2.17. The molecular weight excluding hydrogens is 390 g/mol. The van der Waals surface area contributed by atoms with E-state index in [2.05, 4.69) is 60.4 Å². The number of benzene rings is 3.